The molecular weight excluding hydrogens is 518 g/mol. The highest BCUT2D eigenvalue weighted by molar-refractivity contribution is 5.66. The minimum absolute atomic E-state index is 0.0000274. The zero-order valence-corrected chi connectivity index (χ0v) is 21.4. The molecule has 5 rings (SSSR count). The van der Waals surface area contributed by atoms with Crippen molar-refractivity contribution in [3.05, 3.63) is 53.0 Å². The molecule has 1 saturated heterocycles. The van der Waals surface area contributed by atoms with Crippen LogP contribution < -0.4 is 0 Å². The molecule has 0 spiro atoms. The summed E-state index contributed by atoms with van der Waals surface area (Å²) in [6.07, 6.45) is -1.30. The van der Waals surface area contributed by atoms with Crippen molar-refractivity contribution in [1.29, 1.82) is 0 Å². The van der Waals surface area contributed by atoms with E-state index in [0.717, 1.165) is 12.8 Å². The van der Waals surface area contributed by atoms with Gasteiger partial charge in [0.25, 0.3) is 0 Å². The van der Waals surface area contributed by atoms with Crippen molar-refractivity contribution in [3.63, 3.8) is 0 Å². The molecule has 3 heterocycles. The lowest BCUT2D eigenvalue weighted by Crippen LogP contribution is -2.57. The number of aromatic nitrogens is 4. The quantitative estimate of drug-likeness (QED) is 0.374. The molecule has 0 bridgehead atoms. The van der Waals surface area contributed by atoms with Gasteiger partial charge in [-0.1, -0.05) is 22.9 Å². The molecule has 3 N–H and O–H groups in total. The Morgan fingerprint density at radius 2 is 2.00 bits per heavy atom. The van der Waals surface area contributed by atoms with E-state index in [-0.39, 0.29) is 29.2 Å². The number of carbonyl (C=O) groups is 1. The van der Waals surface area contributed by atoms with E-state index in [9.17, 15) is 28.9 Å². The molecule has 2 aromatic heterocycles. The van der Waals surface area contributed by atoms with Gasteiger partial charge >= 0.3 is 5.97 Å². The average molecular weight is 549 g/mol. The lowest BCUT2D eigenvalue weighted by molar-refractivity contribution is -0.217. The van der Waals surface area contributed by atoms with Gasteiger partial charge in [0.15, 0.2) is 17.7 Å². The maximum absolute atomic E-state index is 14.6. The Morgan fingerprint density at radius 3 is 2.69 bits per heavy atom. The Balaban J connectivity index is 1.46. The van der Waals surface area contributed by atoms with Crippen LogP contribution in [0.1, 0.15) is 55.2 Å². The number of aryl methyl sites for hydroxylation is 1. The predicted molar refractivity (Wildman–Crippen MR) is 129 cm³/mol. The van der Waals surface area contributed by atoms with Crippen molar-refractivity contribution >= 4 is 5.97 Å². The molecule has 7 atom stereocenters. The number of aliphatic hydroxyl groups excluding tert-OH is 3. The van der Waals surface area contributed by atoms with E-state index in [0.29, 0.717) is 17.9 Å². The number of ether oxygens (including phenoxy) is 2. The summed E-state index contributed by atoms with van der Waals surface area (Å²) >= 11 is 0. The molecular formula is C26H30F2N4O7. The number of esters is 1. The van der Waals surface area contributed by atoms with Crippen LogP contribution in [0.4, 0.5) is 8.78 Å². The van der Waals surface area contributed by atoms with Crippen LogP contribution in [0.15, 0.2) is 28.9 Å². The molecule has 0 radical (unpaired) electrons. The van der Waals surface area contributed by atoms with E-state index in [1.807, 2.05) is 0 Å². The Labute approximate surface area is 222 Å². The summed E-state index contributed by atoms with van der Waals surface area (Å²) in [4.78, 5) is 12.1. The van der Waals surface area contributed by atoms with E-state index in [2.05, 4.69) is 15.5 Å². The number of benzene rings is 1. The van der Waals surface area contributed by atoms with Gasteiger partial charge in [0, 0.05) is 30.9 Å². The molecule has 11 nitrogen and oxygen atoms in total. The summed E-state index contributed by atoms with van der Waals surface area (Å²) in [6, 6.07) is 3.40. The first-order valence-electron chi connectivity index (χ1n) is 12.8. The SMILES string of the molecule is CC(=O)O[C@@H]1[C@@H](n2cc(-c3ccc(C)c(F)c3F)nn2)[C@@H](O)[C@@H](CO)O[C@@H]1Cc1cc([C@H]2CCC[C@@H]2O)on1. The maximum Gasteiger partial charge on any atom is 0.303 e. The summed E-state index contributed by atoms with van der Waals surface area (Å²) in [5.41, 5.74) is 0.467. The monoisotopic (exact) mass is 548 g/mol. The van der Waals surface area contributed by atoms with Crippen LogP contribution >= 0.6 is 0 Å². The van der Waals surface area contributed by atoms with Gasteiger partial charge in [-0.2, -0.15) is 0 Å². The lowest BCUT2D eigenvalue weighted by Gasteiger charge is -2.43. The topological polar surface area (TPSA) is 153 Å². The summed E-state index contributed by atoms with van der Waals surface area (Å²) in [5, 5.41) is 43.3. The van der Waals surface area contributed by atoms with Crippen molar-refractivity contribution in [2.24, 2.45) is 0 Å². The Hall–Kier alpha value is -3.26. The first-order chi connectivity index (χ1) is 18.7. The van der Waals surface area contributed by atoms with Crippen LogP contribution in [0.25, 0.3) is 11.3 Å². The number of carbonyl (C=O) groups excluding carboxylic acids is 1. The summed E-state index contributed by atoms with van der Waals surface area (Å²) in [7, 11) is 0. The van der Waals surface area contributed by atoms with Crippen LogP contribution in [0.2, 0.25) is 0 Å². The number of nitrogens with zero attached hydrogens (tertiary/aromatic N) is 4. The smallest absolute Gasteiger partial charge is 0.303 e. The molecule has 3 aromatic rings. The highest BCUT2D eigenvalue weighted by Crippen LogP contribution is 2.37. The summed E-state index contributed by atoms with van der Waals surface area (Å²) in [5.74, 6) is -2.38. The van der Waals surface area contributed by atoms with Gasteiger partial charge < -0.3 is 29.3 Å². The molecule has 1 aliphatic heterocycles. The first-order valence-corrected chi connectivity index (χ1v) is 12.8. The van der Waals surface area contributed by atoms with Crippen molar-refractivity contribution in [3.8, 4) is 11.3 Å². The van der Waals surface area contributed by atoms with E-state index < -0.39 is 60.8 Å². The second-order valence-electron chi connectivity index (χ2n) is 10.1. The summed E-state index contributed by atoms with van der Waals surface area (Å²) in [6.45, 7) is 2.08. The van der Waals surface area contributed by atoms with Gasteiger partial charge in [0.2, 0.25) is 0 Å². The number of aliphatic hydroxyl groups is 3. The third kappa shape index (κ3) is 5.31. The zero-order chi connectivity index (χ0) is 27.8. The van der Waals surface area contributed by atoms with E-state index in [4.69, 9.17) is 14.0 Å². The van der Waals surface area contributed by atoms with E-state index in [1.165, 1.54) is 36.9 Å². The standard InChI is InChI=1S/C26H30F2N4O7/c1-12-6-7-15(23(28)22(12)27)17-10-32(31-29-17)24-25(36)21(11-33)38-20(26(24)37-13(2)34)9-14-8-19(39-30-14)16-4-3-5-18(16)35/h6-8,10,16,18,20-21,24-26,33,35-36H,3-5,9,11H2,1-2H3/t16-,18-,20+,21+,24-,25-,26-/m0/s1. The van der Waals surface area contributed by atoms with Crippen molar-refractivity contribution in [2.75, 3.05) is 6.61 Å². The number of hydrogen-bond acceptors (Lipinski definition) is 10. The zero-order valence-electron chi connectivity index (χ0n) is 21.4. The van der Waals surface area contributed by atoms with Gasteiger partial charge in [-0.25, -0.2) is 13.5 Å². The minimum atomic E-state index is -1.40. The third-order valence-electron chi connectivity index (χ3n) is 7.46. The molecule has 1 saturated carbocycles. The van der Waals surface area contributed by atoms with Crippen molar-refractivity contribution in [2.45, 2.75) is 82.0 Å². The molecule has 13 heteroatoms. The number of rotatable bonds is 7. The second-order valence-corrected chi connectivity index (χ2v) is 10.1. The largest absolute Gasteiger partial charge is 0.457 e. The molecule has 2 aliphatic rings. The van der Waals surface area contributed by atoms with Crippen molar-refractivity contribution in [1.82, 2.24) is 20.2 Å². The molecule has 1 aromatic carbocycles. The van der Waals surface area contributed by atoms with Gasteiger partial charge in [0.05, 0.1) is 24.6 Å². The molecule has 2 fully saturated rings. The van der Waals surface area contributed by atoms with Crippen LogP contribution in [-0.2, 0) is 20.7 Å². The van der Waals surface area contributed by atoms with Gasteiger partial charge in [-0.05, 0) is 31.4 Å². The van der Waals surface area contributed by atoms with Crippen LogP contribution in [0, 0.1) is 18.6 Å². The average Bonchev–Trinajstić information content (AvgIpc) is 3.65. The van der Waals surface area contributed by atoms with Gasteiger partial charge in [-0.3, -0.25) is 4.79 Å². The molecule has 210 valence electrons. The number of halogens is 2. The highest BCUT2D eigenvalue weighted by atomic mass is 19.2. The Bertz CT molecular complexity index is 1330. The highest BCUT2D eigenvalue weighted by Gasteiger charge is 2.49. The Kier molecular flexibility index (Phi) is 7.76. The fraction of sp³-hybridized carbons (Fsp3) is 0.538. The Morgan fingerprint density at radius 1 is 1.21 bits per heavy atom. The second kappa shape index (κ2) is 11.1. The normalized spacial score (nSPS) is 29.1. The lowest BCUT2D eigenvalue weighted by atomic mass is 9.90. The number of hydrogen-bond donors (Lipinski definition) is 3. The third-order valence-corrected chi connectivity index (χ3v) is 7.46. The van der Waals surface area contributed by atoms with Gasteiger partial charge in [0.1, 0.15) is 35.8 Å². The minimum Gasteiger partial charge on any atom is -0.457 e. The molecule has 1 aliphatic carbocycles. The molecule has 0 amide bonds. The van der Waals surface area contributed by atoms with Crippen LogP contribution in [0.5, 0.6) is 0 Å². The fourth-order valence-corrected chi connectivity index (χ4v) is 5.44. The molecule has 39 heavy (non-hydrogen) atoms. The van der Waals surface area contributed by atoms with Crippen LogP contribution in [-0.4, -0.2) is 78.6 Å². The van der Waals surface area contributed by atoms with E-state index in [1.54, 1.807) is 6.07 Å². The summed E-state index contributed by atoms with van der Waals surface area (Å²) < 4.78 is 47.0. The fourth-order valence-electron chi connectivity index (χ4n) is 5.44. The maximum atomic E-state index is 14.6. The van der Waals surface area contributed by atoms with Gasteiger partial charge in [-0.15, -0.1) is 5.10 Å². The van der Waals surface area contributed by atoms with E-state index >= 15 is 0 Å². The van der Waals surface area contributed by atoms with Crippen LogP contribution in [0.3, 0.4) is 0 Å². The first kappa shape index (κ1) is 27.3. The van der Waals surface area contributed by atoms with Crippen molar-refractivity contribution < 1.29 is 42.9 Å². The predicted octanol–water partition coefficient (Wildman–Crippen LogP) is 1.98. The molecule has 0 unspecified atom stereocenters.